The minimum atomic E-state index is -0.108. The molecule has 0 bridgehead atoms. The molecule has 0 heterocycles. The van der Waals surface area contributed by atoms with E-state index in [9.17, 15) is 5.11 Å². The molecule has 0 fully saturated rings. The number of para-hydroxylation sites is 2. The van der Waals surface area contributed by atoms with Crippen LogP contribution in [0.4, 0.5) is 0 Å². The molecule has 2 aromatic rings. The van der Waals surface area contributed by atoms with E-state index in [-0.39, 0.29) is 11.3 Å². The molecule has 1 unspecified atom stereocenters. The van der Waals surface area contributed by atoms with Crippen LogP contribution in [0.1, 0.15) is 68.7 Å². The second-order valence-corrected chi connectivity index (χ2v) is 8.28. The van der Waals surface area contributed by atoms with Gasteiger partial charge in [0.2, 0.25) is 0 Å². The van der Waals surface area contributed by atoms with Gasteiger partial charge in [-0.3, -0.25) is 0 Å². The average molecular weight is 363 g/mol. The van der Waals surface area contributed by atoms with Crippen LogP contribution in [0.5, 0.6) is 11.5 Å². The summed E-state index contributed by atoms with van der Waals surface area (Å²) in [5, 5.41) is 11.0. The first-order chi connectivity index (χ1) is 12.8. The quantitative estimate of drug-likeness (QED) is 0.665. The van der Waals surface area contributed by atoms with Crippen LogP contribution in [0.2, 0.25) is 0 Å². The lowest BCUT2D eigenvalue weighted by molar-refractivity contribution is 0.405. The van der Waals surface area contributed by atoms with Crippen LogP contribution >= 0.6 is 0 Å². The molecule has 0 aliphatic heterocycles. The van der Waals surface area contributed by atoms with Gasteiger partial charge in [0, 0.05) is 22.6 Å². The van der Waals surface area contributed by atoms with Crippen LogP contribution in [0.25, 0.3) is 5.57 Å². The molecule has 1 atom stereocenters. The minimum Gasteiger partial charge on any atom is -0.507 e. The summed E-state index contributed by atoms with van der Waals surface area (Å²) < 4.78 is 5.85. The Hall–Kier alpha value is -2.48. The van der Waals surface area contributed by atoms with E-state index in [0.717, 1.165) is 40.8 Å². The highest BCUT2D eigenvalue weighted by molar-refractivity contribution is 5.79. The molecule has 27 heavy (non-hydrogen) atoms. The van der Waals surface area contributed by atoms with E-state index in [4.69, 9.17) is 4.74 Å². The van der Waals surface area contributed by atoms with Gasteiger partial charge in [0.15, 0.2) is 0 Å². The molecule has 2 heteroatoms. The van der Waals surface area contributed by atoms with Crippen molar-refractivity contribution in [1.29, 1.82) is 0 Å². The summed E-state index contributed by atoms with van der Waals surface area (Å²) in [5.41, 5.74) is 5.22. The van der Waals surface area contributed by atoms with Crippen molar-refractivity contribution in [2.24, 2.45) is 0 Å². The summed E-state index contributed by atoms with van der Waals surface area (Å²) in [6.07, 6.45) is 8.81. The zero-order chi connectivity index (χ0) is 19.6. The van der Waals surface area contributed by atoms with E-state index in [1.165, 1.54) is 5.57 Å². The second-order valence-electron chi connectivity index (χ2n) is 8.28. The maximum Gasteiger partial charge on any atom is 0.130 e. The SMILES string of the molecule is COc1c(C2=CCCC=C2)cccc1C(C)c1cccc(C(C)(C)C)c1O. The molecular formula is C25H30O2. The van der Waals surface area contributed by atoms with Gasteiger partial charge in [-0.25, -0.2) is 0 Å². The second kappa shape index (κ2) is 7.64. The predicted octanol–water partition coefficient (Wildman–Crippen LogP) is 6.58. The average Bonchev–Trinajstić information content (AvgIpc) is 2.66. The standard InChI is InChI=1S/C25H30O2/c1-17(19-13-10-16-22(23(19)26)25(2,3)4)20-14-9-15-21(24(20)27-5)18-11-7-6-8-12-18/h7,9-17,26H,6,8H2,1-5H3. The zero-order valence-corrected chi connectivity index (χ0v) is 17.0. The predicted molar refractivity (Wildman–Crippen MR) is 114 cm³/mol. The zero-order valence-electron chi connectivity index (χ0n) is 17.0. The van der Waals surface area contributed by atoms with Crippen molar-refractivity contribution < 1.29 is 9.84 Å². The lowest BCUT2D eigenvalue weighted by Crippen LogP contribution is -2.12. The number of methoxy groups -OCH3 is 1. The first kappa shape index (κ1) is 19.3. The van der Waals surface area contributed by atoms with Gasteiger partial charge >= 0.3 is 0 Å². The summed E-state index contributed by atoms with van der Waals surface area (Å²) in [7, 11) is 1.73. The highest BCUT2D eigenvalue weighted by Gasteiger charge is 2.24. The Balaban J connectivity index is 2.10. The largest absolute Gasteiger partial charge is 0.507 e. The smallest absolute Gasteiger partial charge is 0.130 e. The maximum absolute atomic E-state index is 11.0. The molecule has 1 aliphatic carbocycles. The number of hydrogen-bond donors (Lipinski definition) is 1. The van der Waals surface area contributed by atoms with E-state index in [1.54, 1.807) is 7.11 Å². The first-order valence-corrected chi connectivity index (χ1v) is 9.71. The van der Waals surface area contributed by atoms with Crippen LogP contribution < -0.4 is 4.74 Å². The highest BCUT2D eigenvalue weighted by atomic mass is 16.5. The monoisotopic (exact) mass is 362 g/mol. The highest BCUT2D eigenvalue weighted by Crippen LogP contribution is 2.43. The summed E-state index contributed by atoms with van der Waals surface area (Å²) >= 11 is 0. The van der Waals surface area contributed by atoms with Crippen molar-refractivity contribution in [2.75, 3.05) is 7.11 Å². The normalized spacial score (nSPS) is 15.4. The third-order valence-electron chi connectivity index (χ3n) is 5.36. The Kier molecular flexibility index (Phi) is 5.46. The molecule has 3 rings (SSSR count). The van der Waals surface area contributed by atoms with Gasteiger partial charge in [-0.1, -0.05) is 82.3 Å². The number of ether oxygens (including phenoxy) is 1. The van der Waals surface area contributed by atoms with E-state index in [0.29, 0.717) is 5.75 Å². The molecule has 0 saturated carbocycles. The summed E-state index contributed by atoms with van der Waals surface area (Å²) in [4.78, 5) is 0. The van der Waals surface area contributed by atoms with Crippen molar-refractivity contribution in [2.45, 2.75) is 51.9 Å². The number of phenols is 1. The van der Waals surface area contributed by atoms with Crippen molar-refractivity contribution in [3.05, 3.63) is 76.9 Å². The Morgan fingerprint density at radius 1 is 1.00 bits per heavy atom. The van der Waals surface area contributed by atoms with Gasteiger partial charge in [-0.15, -0.1) is 0 Å². The Bertz CT molecular complexity index is 882. The van der Waals surface area contributed by atoms with Crippen LogP contribution in [0.15, 0.2) is 54.6 Å². The molecule has 1 aliphatic rings. The Morgan fingerprint density at radius 2 is 1.70 bits per heavy atom. The lowest BCUT2D eigenvalue weighted by Gasteiger charge is -2.25. The lowest BCUT2D eigenvalue weighted by atomic mass is 9.81. The van der Waals surface area contributed by atoms with E-state index >= 15 is 0 Å². The third-order valence-corrected chi connectivity index (χ3v) is 5.36. The molecule has 142 valence electrons. The van der Waals surface area contributed by atoms with Crippen molar-refractivity contribution in [1.82, 2.24) is 0 Å². The number of rotatable bonds is 4. The summed E-state index contributed by atoms with van der Waals surface area (Å²) in [6.45, 7) is 8.51. The molecule has 0 spiro atoms. The fourth-order valence-corrected chi connectivity index (χ4v) is 3.85. The number of hydrogen-bond acceptors (Lipinski definition) is 2. The Morgan fingerprint density at radius 3 is 2.33 bits per heavy atom. The van der Waals surface area contributed by atoms with Gasteiger partial charge in [0.25, 0.3) is 0 Å². The molecular weight excluding hydrogens is 332 g/mol. The number of allylic oxidation sites excluding steroid dienone is 4. The minimum absolute atomic E-state index is 0.0235. The van der Waals surface area contributed by atoms with Crippen LogP contribution in [0, 0.1) is 0 Å². The van der Waals surface area contributed by atoms with Crippen molar-refractivity contribution in [3.8, 4) is 11.5 Å². The van der Waals surface area contributed by atoms with Gasteiger partial charge < -0.3 is 9.84 Å². The van der Waals surface area contributed by atoms with E-state index in [1.807, 2.05) is 18.2 Å². The number of aromatic hydroxyl groups is 1. The summed E-state index contributed by atoms with van der Waals surface area (Å²) in [6, 6.07) is 12.4. The van der Waals surface area contributed by atoms with E-state index < -0.39 is 0 Å². The molecule has 2 nitrogen and oxygen atoms in total. The molecule has 0 amide bonds. The molecule has 1 N–H and O–H groups in total. The van der Waals surface area contributed by atoms with Gasteiger partial charge in [0.1, 0.15) is 11.5 Å². The first-order valence-electron chi connectivity index (χ1n) is 9.71. The van der Waals surface area contributed by atoms with Crippen LogP contribution in [-0.4, -0.2) is 12.2 Å². The Labute approximate surface area is 163 Å². The van der Waals surface area contributed by atoms with E-state index in [2.05, 4.69) is 64.1 Å². The fourth-order valence-electron chi connectivity index (χ4n) is 3.85. The van der Waals surface area contributed by atoms with Gasteiger partial charge in [-0.05, 0) is 29.4 Å². The summed E-state index contributed by atoms with van der Waals surface area (Å²) in [5.74, 6) is 1.31. The number of phenolic OH excluding ortho intramolecular Hbond substituents is 1. The van der Waals surface area contributed by atoms with Crippen molar-refractivity contribution >= 4 is 5.57 Å². The van der Waals surface area contributed by atoms with Crippen molar-refractivity contribution in [3.63, 3.8) is 0 Å². The molecule has 0 aromatic heterocycles. The fraction of sp³-hybridized carbons (Fsp3) is 0.360. The maximum atomic E-state index is 11.0. The molecule has 0 saturated heterocycles. The van der Waals surface area contributed by atoms with Crippen LogP contribution in [-0.2, 0) is 5.41 Å². The topological polar surface area (TPSA) is 29.5 Å². The van der Waals surface area contributed by atoms with Crippen LogP contribution in [0.3, 0.4) is 0 Å². The third kappa shape index (κ3) is 3.80. The molecule has 2 aromatic carbocycles. The van der Waals surface area contributed by atoms with Gasteiger partial charge in [-0.2, -0.15) is 0 Å². The van der Waals surface area contributed by atoms with Gasteiger partial charge in [0.05, 0.1) is 7.11 Å². The molecule has 0 radical (unpaired) electrons. The number of benzene rings is 2.